The Kier molecular flexibility index (Phi) is 6.57. The van der Waals surface area contributed by atoms with Crippen molar-refractivity contribution in [2.75, 3.05) is 25.5 Å². The summed E-state index contributed by atoms with van der Waals surface area (Å²) in [6.45, 7) is 0.0433. The van der Waals surface area contributed by atoms with E-state index < -0.39 is 15.9 Å². The smallest absolute Gasteiger partial charge is 0.264 e. The molecule has 0 fully saturated rings. The summed E-state index contributed by atoms with van der Waals surface area (Å²) in [5.74, 6) is 0.523. The molecule has 1 amide bonds. The van der Waals surface area contributed by atoms with Crippen molar-refractivity contribution < 1.29 is 17.9 Å². The predicted octanol–water partition coefficient (Wildman–Crippen LogP) is 3.03. The van der Waals surface area contributed by atoms with Crippen molar-refractivity contribution in [1.82, 2.24) is 14.9 Å². The molecule has 4 aromatic rings. The first-order valence-corrected chi connectivity index (χ1v) is 12.1. The fourth-order valence-corrected chi connectivity index (χ4v) is 4.85. The lowest BCUT2D eigenvalue weighted by Crippen LogP contribution is -2.29. The van der Waals surface area contributed by atoms with E-state index >= 15 is 0 Å². The Hall–Kier alpha value is -4.18. The number of fused-ring (bicyclic) bond motifs is 1. The highest BCUT2D eigenvalue weighted by atomic mass is 32.2. The van der Waals surface area contributed by atoms with Crippen LogP contribution in [0.5, 0.6) is 5.75 Å². The number of aromatic amines is 1. The third-order valence-corrected chi connectivity index (χ3v) is 7.35. The van der Waals surface area contributed by atoms with Crippen LogP contribution in [0, 0.1) is 0 Å². The summed E-state index contributed by atoms with van der Waals surface area (Å²) in [7, 11) is 0.612. The van der Waals surface area contributed by atoms with Crippen molar-refractivity contribution >= 4 is 32.5 Å². The van der Waals surface area contributed by atoms with Crippen LogP contribution in [0.3, 0.4) is 0 Å². The molecule has 0 aliphatic heterocycles. The Balaban J connectivity index is 1.56. The molecule has 180 valence electrons. The second-order valence-electron chi connectivity index (χ2n) is 7.89. The molecule has 1 heterocycles. The van der Waals surface area contributed by atoms with Gasteiger partial charge in [0.25, 0.3) is 21.5 Å². The van der Waals surface area contributed by atoms with Gasteiger partial charge < -0.3 is 14.6 Å². The van der Waals surface area contributed by atoms with Crippen LogP contribution in [0.15, 0.2) is 82.5 Å². The maximum absolute atomic E-state index is 13.2. The topological polar surface area (TPSA) is 113 Å². The minimum atomic E-state index is -3.92. The molecule has 0 bridgehead atoms. The van der Waals surface area contributed by atoms with Crippen LogP contribution >= 0.6 is 0 Å². The van der Waals surface area contributed by atoms with Crippen LogP contribution in [-0.2, 0) is 16.6 Å². The molecule has 1 aromatic heterocycles. The van der Waals surface area contributed by atoms with Gasteiger partial charge in [0.05, 0.1) is 35.1 Å². The molecular formula is C25H24N4O5S. The van der Waals surface area contributed by atoms with Gasteiger partial charge in [-0.2, -0.15) is 0 Å². The van der Waals surface area contributed by atoms with Gasteiger partial charge >= 0.3 is 0 Å². The molecule has 10 heteroatoms. The highest BCUT2D eigenvalue weighted by molar-refractivity contribution is 7.92. The predicted molar refractivity (Wildman–Crippen MR) is 133 cm³/mol. The number of rotatable bonds is 7. The number of benzene rings is 3. The number of carbonyl (C=O) groups is 1. The molecule has 3 aromatic carbocycles. The Bertz CT molecular complexity index is 1550. The van der Waals surface area contributed by atoms with Gasteiger partial charge in [-0.25, -0.2) is 13.4 Å². The van der Waals surface area contributed by atoms with E-state index in [4.69, 9.17) is 4.74 Å². The Morgan fingerprint density at radius 3 is 2.43 bits per heavy atom. The van der Waals surface area contributed by atoms with Crippen LogP contribution in [-0.4, -0.2) is 50.4 Å². The van der Waals surface area contributed by atoms with Crippen LogP contribution in [0.25, 0.3) is 10.9 Å². The van der Waals surface area contributed by atoms with Gasteiger partial charge in [-0.3, -0.25) is 13.9 Å². The van der Waals surface area contributed by atoms with E-state index in [1.54, 1.807) is 61.6 Å². The minimum absolute atomic E-state index is 0.0210. The van der Waals surface area contributed by atoms with Crippen LogP contribution < -0.4 is 14.6 Å². The molecule has 0 unspecified atom stereocenters. The van der Waals surface area contributed by atoms with E-state index in [-0.39, 0.29) is 22.6 Å². The number of H-pyrrole nitrogens is 1. The molecule has 0 saturated heterocycles. The first kappa shape index (κ1) is 24.0. The summed E-state index contributed by atoms with van der Waals surface area (Å²) >= 11 is 0. The number of nitrogens with one attached hydrogen (secondary N) is 1. The number of carbonyl (C=O) groups excluding carboxylic acids is 1. The van der Waals surface area contributed by atoms with Gasteiger partial charge in [-0.15, -0.1) is 0 Å². The lowest BCUT2D eigenvalue weighted by Gasteiger charge is -2.21. The third-order valence-electron chi connectivity index (χ3n) is 5.57. The number of methoxy groups -OCH3 is 1. The molecule has 35 heavy (non-hydrogen) atoms. The lowest BCUT2D eigenvalue weighted by atomic mass is 10.2. The van der Waals surface area contributed by atoms with Crippen LogP contribution in [0.2, 0.25) is 0 Å². The number of ether oxygens (including phenoxy) is 1. The van der Waals surface area contributed by atoms with Gasteiger partial charge in [-0.1, -0.05) is 18.2 Å². The highest BCUT2D eigenvalue weighted by Crippen LogP contribution is 2.25. The van der Waals surface area contributed by atoms with E-state index in [2.05, 4.69) is 9.97 Å². The molecule has 0 radical (unpaired) electrons. The van der Waals surface area contributed by atoms with Crippen molar-refractivity contribution in [3.8, 4) is 5.75 Å². The zero-order chi connectivity index (χ0) is 25.2. The molecule has 1 N–H and O–H groups in total. The maximum Gasteiger partial charge on any atom is 0.264 e. The van der Waals surface area contributed by atoms with Gasteiger partial charge in [-0.05, 0) is 54.6 Å². The Morgan fingerprint density at radius 1 is 1.00 bits per heavy atom. The summed E-state index contributed by atoms with van der Waals surface area (Å²) in [6, 6.07) is 19.4. The molecular weight excluding hydrogens is 468 g/mol. The van der Waals surface area contributed by atoms with Crippen LogP contribution in [0.1, 0.15) is 16.2 Å². The monoisotopic (exact) mass is 492 g/mol. The standard InChI is InChI=1S/C25H24N4O5S/c1-28(16-23-26-22-10-5-4-9-21(22)24(30)27-23)25(31)17-7-6-8-20(15-17)35(32,33)29(2)18-11-13-19(34-3)14-12-18/h4-15H,16H2,1-3H3,(H,26,27,30). The van der Waals surface area contributed by atoms with Gasteiger partial charge in [0.15, 0.2) is 0 Å². The molecule has 0 aliphatic carbocycles. The first-order chi connectivity index (χ1) is 16.7. The van der Waals surface area contributed by atoms with Crippen molar-refractivity contribution in [2.45, 2.75) is 11.4 Å². The van der Waals surface area contributed by atoms with Crippen molar-refractivity contribution in [3.05, 3.63) is 94.5 Å². The molecule has 0 aliphatic rings. The quantitative estimate of drug-likeness (QED) is 0.424. The molecule has 0 saturated carbocycles. The number of amides is 1. The normalized spacial score (nSPS) is 11.3. The summed E-state index contributed by atoms with van der Waals surface area (Å²) in [5.41, 5.74) is 0.883. The van der Waals surface area contributed by atoms with E-state index in [0.717, 1.165) is 4.31 Å². The van der Waals surface area contributed by atoms with Crippen molar-refractivity contribution in [1.29, 1.82) is 0 Å². The van der Waals surface area contributed by atoms with Gasteiger partial charge in [0.1, 0.15) is 11.6 Å². The Labute approximate surface area is 202 Å². The number of nitrogens with zero attached hydrogens (tertiary/aromatic N) is 3. The van der Waals surface area contributed by atoms with E-state index in [9.17, 15) is 18.0 Å². The molecule has 9 nitrogen and oxygen atoms in total. The number of hydrogen-bond donors (Lipinski definition) is 1. The fraction of sp³-hybridized carbons (Fsp3) is 0.160. The number of para-hydroxylation sites is 1. The maximum atomic E-state index is 13.2. The summed E-state index contributed by atoms with van der Waals surface area (Å²) < 4.78 is 32.7. The third kappa shape index (κ3) is 4.87. The Morgan fingerprint density at radius 2 is 1.71 bits per heavy atom. The minimum Gasteiger partial charge on any atom is -0.497 e. The van der Waals surface area contributed by atoms with Gasteiger partial charge in [0.2, 0.25) is 0 Å². The lowest BCUT2D eigenvalue weighted by molar-refractivity contribution is 0.0781. The molecule has 0 atom stereocenters. The summed E-state index contributed by atoms with van der Waals surface area (Å²) in [5, 5.41) is 0.462. The average molecular weight is 493 g/mol. The van der Waals surface area contributed by atoms with E-state index in [1.165, 1.54) is 37.3 Å². The number of anilines is 1. The summed E-state index contributed by atoms with van der Waals surface area (Å²) in [6.07, 6.45) is 0. The zero-order valence-electron chi connectivity index (χ0n) is 19.4. The first-order valence-electron chi connectivity index (χ1n) is 10.7. The van der Waals surface area contributed by atoms with Crippen molar-refractivity contribution in [3.63, 3.8) is 0 Å². The van der Waals surface area contributed by atoms with E-state index in [0.29, 0.717) is 28.2 Å². The summed E-state index contributed by atoms with van der Waals surface area (Å²) in [4.78, 5) is 33.8. The zero-order valence-corrected chi connectivity index (χ0v) is 20.2. The largest absolute Gasteiger partial charge is 0.497 e. The number of aromatic nitrogens is 2. The average Bonchev–Trinajstić information content (AvgIpc) is 2.88. The van der Waals surface area contributed by atoms with Gasteiger partial charge in [0, 0.05) is 19.7 Å². The highest BCUT2D eigenvalue weighted by Gasteiger charge is 2.23. The second kappa shape index (κ2) is 9.59. The second-order valence-corrected chi connectivity index (χ2v) is 9.86. The SMILES string of the molecule is COc1ccc(N(C)S(=O)(=O)c2cccc(C(=O)N(C)Cc3nc4ccccc4c(=O)[nH]3)c2)cc1. The number of sulfonamides is 1. The molecule has 0 spiro atoms. The van der Waals surface area contributed by atoms with E-state index in [1.807, 2.05) is 0 Å². The number of hydrogen-bond acceptors (Lipinski definition) is 6. The van der Waals surface area contributed by atoms with Crippen molar-refractivity contribution in [2.24, 2.45) is 0 Å². The molecule has 4 rings (SSSR count). The van der Waals surface area contributed by atoms with Crippen LogP contribution in [0.4, 0.5) is 5.69 Å². The fourth-order valence-electron chi connectivity index (χ4n) is 3.61.